The molecular formula is C11H13NO4S. The molecule has 1 aliphatic heterocycles. The number of thiophene rings is 1. The van der Waals surface area contributed by atoms with Crippen molar-refractivity contribution in [2.75, 3.05) is 19.8 Å². The van der Waals surface area contributed by atoms with Gasteiger partial charge < -0.3 is 14.7 Å². The Morgan fingerprint density at radius 2 is 2.29 bits per heavy atom. The minimum Gasteiger partial charge on any atom is -0.480 e. The van der Waals surface area contributed by atoms with E-state index < -0.39 is 12.0 Å². The van der Waals surface area contributed by atoms with Crippen LogP contribution < -0.4 is 0 Å². The largest absolute Gasteiger partial charge is 0.480 e. The molecule has 1 N–H and O–H groups in total. The smallest absolute Gasteiger partial charge is 0.328 e. The van der Waals surface area contributed by atoms with E-state index in [1.807, 2.05) is 13.0 Å². The molecule has 1 saturated heterocycles. The van der Waals surface area contributed by atoms with Crippen LogP contribution in [0.3, 0.4) is 0 Å². The topological polar surface area (TPSA) is 66.8 Å². The van der Waals surface area contributed by atoms with Crippen LogP contribution in [-0.2, 0) is 9.53 Å². The molecule has 1 amide bonds. The lowest BCUT2D eigenvalue weighted by molar-refractivity contribution is -0.147. The molecule has 0 unspecified atom stereocenters. The van der Waals surface area contributed by atoms with Gasteiger partial charge in [0.2, 0.25) is 0 Å². The zero-order valence-electron chi connectivity index (χ0n) is 9.38. The highest BCUT2D eigenvalue weighted by Gasteiger charge is 2.33. The van der Waals surface area contributed by atoms with Gasteiger partial charge in [-0.05, 0) is 19.1 Å². The maximum atomic E-state index is 12.1. The van der Waals surface area contributed by atoms with Crippen molar-refractivity contribution in [3.8, 4) is 0 Å². The molecule has 0 saturated carbocycles. The Balaban J connectivity index is 2.19. The van der Waals surface area contributed by atoms with Crippen LogP contribution in [0.2, 0.25) is 0 Å². The summed E-state index contributed by atoms with van der Waals surface area (Å²) in [6.45, 7) is 2.69. The first-order chi connectivity index (χ1) is 8.09. The number of ether oxygens (including phenoxy) is 1. The van der Waals surface area contributed by atoms with Crippen LogP contribution in [-0.4, -0.2) is 47.7 Å². The predicted octanol–water partition coefficient (Wildman–Crippen LogP) is 0.982. The van der Waals surface area contributed by atoms with E-state index >= 15 is 0 Å². The Morgan fingerprint density at radius 3 is 2.88 bits per heavy atom. The van der Waals surface area contributed by atoms with Gasteiger partial charge in [-0.3, -0.25) is 4.79 Å². The number of carbonyl (C=O) groups excluding carboxylic acids is 1. The fraction of sp³-hybridized carbons (Fsp3) is 0.455. The molecule has 1 aliphatic rings. The summed E-state index contributed by atoms with van der Waals surface area (Å²) < 4.78 is 5.09. The molecule has 1 aromatic rings. The molecule has 0 spiro atoms. The van der Waals surface area contributed by atoms with Crippen molar-refractivity contribution in [3.05, 3.63) is 21.9 Å². The van der Waals surface area contributed by atoms with E-state index in [2.05, 4.69) is 0 Å². The molecule has 2 heterocycles. The summed E-state index contributed by atoms with van der Waals surface area (Å²) in [7, 11) is 0. The zero-order valence-corrected chi connectivity index (χ0v) is 10.2. The average Bonchev–Trinajstić information content (AvgIpc) is 2.75. The van der Waals surface area contributed by atoms with Gasteiger partial charge in [-0.2, -0.15) is 0 Å². The van der Waals surface area contributed by atoms with Gasteiger partial charge in [0.15, 0.2) is 6.04 Å². The standard InChI is InChI=1S/C11H13NO4S/c1-7-2-3-9(17-7)10(13)12-4-5-16-6-8(12)11(14)15/h2-3,8H,4-6H2,1H3,(H,14,15)/t8-/m1/s1. The monoisotopic (exact) mass is 255 g/mol. The number of aliphatic carboxylic acids is 1. The van der Waals surface area contributed by atoms with Crippen molar-refractivity contribution in [2.24, 2.45) is 0 Å². The zero-order chi connectivity index (χ0) is 12.4. The van der Waals surface area contributed by atoms with Crippen LogP contribution in [0, 0.1) is 6.92 Å². The number of hydrogen-bond acceptors (Lipinski definition) is 4. The van der Waals surface area contributed by atoms with Gasteiger partial charge in [-0.1, -0.05) is 0 Å². The fourth-order valence-corrected chi connectivity index (χ4v) is 2.57. The van der Waals surface area contributed by atoms with Crippen LogP contribution in [0.15, 0.2) is 12.1 Å². The molecule has 1 aromatic heterocycles. The lowest BCUT2D eigenvalue weighted by Gasteiger charge is -2.32. The minimum atomic E-state index is -1.02. The Bertz CT molecular complexity index is 442. The van der Waals surface area contributed by atoms with Crippen molar-refractivity contribution >= 4 is 23.2 Å². The summed E-state index contributed by atoms with van der Waals surface area (Å²) in [6, 6.07) is 2.71. The van der Waals surface area contributed by atoms with E-state index in [9.17, 15) is 9.59 Å². The summed E-state index contributed by atoms with van der Waals surface area (Å²) in [5.74, 6) is -1.25. The summed E-state index contributed by atoms with van der Waals surface area (Å²) in [4.78, 5) is 26.2. The summed E-state index contributed by atoms with van der Waals surface area (Å²) in [6.07, 6.45) is 0. The molecule has 0 aliphatic carbocycles. The fourth-order valence-electron chi connectivity index (χ4n) is 1.74. The van der Waals surface area contributed by atoms with Crippen molar-refractivity contribution in [1.29, 1.82) is 0 Å². The highest BCUT2D eigenvalue weighted by Crippen LogP contribution is 2.19. The lowest BCUT2D eigenvalue weighted by atomic mass is 10.2. The molecule has 5 nitrogen and oxygen atoms in total. The van der Waals surface area contributed by atoms with E-state index in [0.29, 0.717) is 18.0 Å². The van der Waals surface area contributed by atoms with E-state index in [1.165, 1.54) is 16.2 Å². The normalized spacial score (nSPS) is 20.3. The van der Waals surface area contributed by atoms with Crippen molar-refractivity contribution in [1.82, 2.24) is 4.90 Å². The first-order valence-corrected chi connectivity index (χ1v) is 6.09. The molecule has 17 heavy (non-hydrogen) atoms. The number of hydrogen-bond donors (Lipinski definition) is 1. The van der Waals surface area contributed by atoms with E-state index in [-0.39, 0.29) is 12.5 Å². The molecule has 0 aromatic carbocycles. The molecular weight excluding hydrogens is 242 g/mol. The summed E-state index contributed by atoms with van der Waals surface area (Å²) in [5.41, 5.74) is 0. The van der Waals surface area contributed by atoms with Gasteiger partial charge in [0, 0.05) is 11.4 Å². The number of carboxylic acid groups (broad SMARTS) is 1. The van der Waals surface area contributed by atoms with Gasteiger partial charge in [0.05, 0.1) is 18.1 Å². The van der Waals surface area contributed by atoms with Crippen LogP contribution in [0.5, 0.6) is 0 Å². The Morgan fingerprint density at radius 1 is 1.53 bits per heavy atom. The van der Waals surface area contributed by atoms with Crippen molar-refractivity contribution in [3.63, 3.8) is 0 Å². The molecule has 92 valence electrons. The maximum absolute atomic E-state index is 12.1. The maximum Gasteiger partial charge on any atom is 0.328 e. The molecule has 0 bridgehead atoms. The van der Waals surface area contributed by atoms with Crippen LogP contribution in [0.1, 0.15) is 14.5 Å². The predicted molar refractivity (Wildman–Crippen MR) is 62.3 cm³/mol. The second-order valence-electron chi connectivity index (χ2n) is 3.84. The number of nitrogens with zero attached hydrogens (tertiary/aromatic N) is 1. The minimum absolute atomic E-state index is 0.0609. The lowest BCUT2D eigenvalue weighted by Crippen LogP contribution is -2.52. The summed E-state index contributed by atoms with van der Waals surface area (Å²) in [5, 5.41) is 9.04. The number of amides is 1. The van der Waals surface area contributed by atoms with Gasteiger partial charge in [0.25, 0.3) is 5.91 Å². The van der Waals surface area contributed by atoms with Crippen LogP contribution in [0.25, 0.3) is 0 Å². The van der Waals surface area contributed by atoms with Gasteiger partial charge >= 0.3 is 5.97 Å². The Labute approximate surface area is 103 Å². The third-order valence-electron chi connectivity index (χ3n) is 2.63. The Hall–Kier alpha value is -1.40. The Kier molecular flexibility index (Phi) is 3.44. The van der Waals surface area contributed by atoms with E-state index in [0.717, 1.165) is 4.88 Å². The molecule has 1 fully saturated rings. The summed E-state index contributed by atoms with van der Waals surface area (Å²) >= 11 is 1.38. The van der Waals surface area contributed by atoms with Crippen molar-refractivity contribution in [2.45, 2.75) is 13.0 Å². The number of aryl methyl sites for hydroxylation is 1. The quantitative estimate of drug-likeness (QED) is 0.855. The van der Waals surface area contributed by atoms with Crippen molar-refractivity contribution < 1.29 is 19.4 Å². The highest BCUT2D eigenvalue weighted by atomic mass is 32.1. The van der Waals surface area contributed by atoms with Gasteiger partial charge in [-0.15, -0.1) is 11.3 Å². The first kappa shape index (κ1) is 12.1. The van der Waals surface area contributed by atoms with Gasteiger partial charge in [-0.25, -0.2) is 4.79 Å². The first-order valence-electron chi connectivity index (χ1n) is 5.27. The average molecular weight is 255 g/mol. The molecule has 6 heteroatoms. The number of rotatable bonds is 2. The molecule has 1 atom stereocenters. The SMILES string of the molecule is Cc1ccc(C(=O)N2CCOC[C@@H]2C(=O)O)s1. The van der Waals surface area contributed by atoms with Crippen LogP contribution in [0.4, 0.5) is 0 Å². The number of morpholine rings is 1. The molecule has 2 rings (SSSR count). The second-order valence-corrected chi connectivity index (χ2v) is 5.13. The second kappa shape index (κ2) is 4.85. The highest BCUT2D eigenvalue weighted by molar-refractivity contribution is 7.13. The number of carboxylic acids is 1. The van der Waals surface area contributed by atoms with Gasteiger partial charge in [0.1, 0.15) is 0 Å². The van der Waals surface area contributed by atoms with Crippen LogP contribution >= 0.6 is 11.3 Å². The third-order valence-corrected chi connectivity index (χ3v) is 3.61. The van der Waals surface area contributed by atoms with E-state index in [1.54, 1.807) is 6.07 Å². The number of carbonyl (C=O) groups is 2. The third kappa shape index (κ3) is 2.48. The molecule has 0 radical (unpaired) electrons. The van der Waals surface area contributed by atoms with E-state index in [4.69, 9.17) is 9.84 Å².